The highest BCUT2D eigenvalue weighted by atomic mass is 35.5. The van der Waals surface area contributed by atoms with E-state index in [1.165, 1.54) is 0 Å². The first-order valence-corrected chi connectivity index (χ1v) is 4.34. The van der Waals surface area contributed by atoms with E-state index < -0.39 is 0 Å². The van der Waals surface area contributed by atoms with Crippen molar-refractivity contribution in [2.75, 3.05) is 6.61 Å². The lowest BCUT2D eigenvalue weighted by atomic mass is 10.2. The predicted octanol–water partition coefficient (Wildman–Crippen LogP) is 1.98. The standard InChI is InChI=1S/C8H9ClN2O/c9-8-10-4-3-6(11-8)7-2-1-5-12-7/h3-4,7H,1-2,5H2. The van der Waals surface area contributed by atoms with E-state index in [0.717, 1.165) is 25.1 Å². The van der Waals surface area contributed by atoms with Crippen molar-refractivity contribution in [2.45, 2.75) is 18.9 Å². The highest BCUT2D eigenvalue weighted by Crippen LogP contribution is 2.26. The molecule has 1 aromatic heterocycles. The van der Waals surface area contributed by atoms with Gasteiger partial charge >= 0.3 is 0 Å². The maximum absolute atomic E-state index is 5.65. The number of aromatic nitrogens is 2. The summed E-state index contributed by atoms with van der Waals surface area (Å²) in [6, 6.07) is 1.85. The fourth-order valence-electron chi connectivity index (χ4n) is 1.34. The fraction of sp³-hybridized carbons (Fsp3) is 0.500. The Bertz CT molecular complexity index is 274. The van der Waals surface area contributed by atoms with E-state index in [-0.39, 0.29) is 6.10 Å². The average Bonchev–Trinajstić information content (AvgIpc) is 2.56. The lowest BCUT2D eigenvalue weighted by Crippen LogP contribution is -1.99. The molecule has 2 heterocycles. The topological polar surface area (TPSA) is 35.0 Å². The van der Waals surface area contributed by atoms with Crippen molar-refractivity contribution >= 4 is 11.6 Å². The quantitative estimate of drug-likeness (QED) is 0.626. The van der Waals surface area contributed by atoms with Crippen molar-refractivity contribution in [1.29, 1.82) is 0 Å². The molecule has 2 rings (SSSR count). The van der Waals surface area contributed by atoms with Crippen molar-refractivity contribution in [3.05, 3.63) is 23.2 Å². The molecule has 1 aliphatic heterocycles. The summed E-state index contributed by atoms with van der Waals surface area (Å²) in [4.78, 5) is 7.89. The third-order valence-corrected chi connectivity index (χ3v) is 2.09. The molecule has 0 bridgehead atoms. The van der Waals surface area contributed by atoms with Crippen LogP contribution in [-0.2, 0) is 4.74 Å². The summed E-state index contributed by atoms with van der Waals surface area (Å²) >= 11 is 5.65. The molecule has 64 valence electrons. The summed E-state index contributed by atoms with van der Waals surface area (Å²) in [5.41, 5.74) is 0.896. The minimum atomic E-state index is 0.130. The zero-order chi connectivity index (χ0) is 8.39. The SMILES string of the molecule is Clc1nccc(C2CCCO2)n1. The molecule has 0 aliphatic carbocycles. The van der Waals surface area contributed by atoms with Crippen LogP contribution < -0.4 is 0 Å². The molecule has 1 atom stereocenters. The number of rotatable bonds is 1. The van der Waals surface area contributed by atoms with Crippen LogP contribution in [0.3, 0.4) is 0 Å². The first-order valence-electron chi connectivity index (χ1n) is 3.96. The van der Waals surface area contributed by atoms with Gasteiger partial charge in [-0.1, -0.05) is 0 Å². The zero-order valence-corrected chi connectivity index (χ0v) is 7.29. The molecule has 0 aromatic carbocycles. The van der Waals surface area contributed by atoms with E-state index in [9.17, 15) is 0 Å². The van der Waals surface area contributed by atoms with E-state index in [1.54, 1.807) is 6.20 Å². The van der Waals surface area contributed by atoms with Gasteiger partial charge in [0.1, 0.15) is 0 Å². The summed E-state index contributed by atoms with van der Waals surface area (Å²) in [5, 5.41) is 0.294. The Balaban J connectivity index is 2.21. The predicted molar refractivity (Wildman–Crippen MR) is 45.0 cm³/mol. The first kappa shape index (κ1) is 7.95. The average molecular weight is 185 g/mol. The number of ether oxygens (including phenoxy) is 1. The molecule has 1 fully saturated rings. The number of halogens is 1. The van der Waals surface area contributed by atoms with Crippen LogP contribution in [0.4, 0.5) is 0 Å². The Kier molecular flexibility index (Phi) is 2.23. The van der Waals surface area contributed by atoms with Gasteiger partial charge < -0.3 is 4.74 Å². The fourth-order valence-corrected chi connectivity index (χ4v) is 1.49. The molecule has 3 nitrogen and oxygen atoms in total. The number of hydrogen-bond donors (Lipinski definition) is 0. The third-order valence-electron chi connectivity index (χ3n) is 1.91. The first-order chi connectivity index (χ1) is 5.86. The minimum absolute atomic E-state index is 0.130. The van der Waals surface area contributed by atoms with Crippen LogP contribution in [0, 0.1) is 0 Å². The van der Waals surface area contributed by atoms with Crippen molar-refractivity contribution < 1.29 is 4.74 Å². The normalized spacial score (nSPS) is 22.9. The summed E-state index contributed by atoms with van der Waals surface area (Å²) in [6.07, 6.45) is 3.93. The van der Waals surface area contributed by atoms with Crippen molar-refractivity contribution in [1.82, 2.24) is 9.97 Å². The van der Waals surface area contributed by atoms with Crippen LogP contribution in [0.5, 0.6) is 0 Å². The van der Waals surface area contributed by atoms with Crippen molar-refractivity contribution in [3.8, 4) is 0 Å². The number of nitrogens with zero attached hydrogens (tertiary/aromatic N) is 2. The second-order valence-corrected chi connectivity index (χ2v) is 3.09. The molecule has 0 amide bonds. The van der Waals surface area contributed by atoms with Crippen LogP contribution in [-0.4, -0.2) is 16.6 Å². The van der Waals surface area contributed by atoms with Gasteiger partial charge in [0, 0.05) is 12.8 Å². The Morgan fingerprint density at radius 3 is 3.17 bits per heavy atom. The second-order valence-electron chi connectivity index (χ2n) is 2.75. The molecule has 0 radical (unpaired) electrons. The van der Waals surface area contributed by atoms with Gasteiger partial charge in [0.2, 0.25) is 5.28 Å². The molecule has 1 aromatic rings. The maximum Gasteiger partial charge on any atom is 0.222 e. The molecule has 1 aliphatic rings. The van der Waals surface area contributed by atoms with Crippen molar-refractivity contribution in [2.24, 2.45) is 0 Å². The van der Waals surface area contributed by atoms with Crippen LogP contribution in [0.25, 0.3) is 0 Å². The molecular weight excluding hydrogens is 176 g/mol. The Labute approximate surface area is 75.7 Å². The Hall–Kier alpha value is -0.670. The summed E-state index contributed by atoms with van der Waals surface area (Å²) < 4.78 is 5.45. The Morgan fingerprint density at radius 1 is 1.58 bits per heavy atom. The summed E-state index contributed by atoms with van der Waals surface area (Å²) in [5.74, 6) is 0. The lowest BCUT2D eigenvalue weighted by Gasteiger charge is -2.07. The molecule has 0 spiro atoms. The minimum Gasteiger partial charge on any atom is -0.372 e. The summed E-state index contributed by atoms with van der Waals surface area (Å²) in [7, 11) is 0. The lowest BCUT2D eigenvalue weighted by molar-refractivity contribution is 0.108. The van der Waals surface area contributed by atoms with E-state index >= 15 is 0 Å². The van der Waals surface area contributed by atoms with Gasteiger partial charge in [-0.2, -0.15) is 0 Å². The molecule has 1 saturated heterocycles. The van der Waals surface area contributed by atoms with Gasteiger partial charge in [-0.15, -0.1) is 0 Å². The molecular formula is C8H9ClN2O. The van der Waals surface area contributed by atoms with Gasteiger partial charge in [-0.3, -0.25) is 0 Å². The van der Waals surface area contributed by atoms with Gasteiger partial charge in [-0.25, -0.2) is 9.97 Å². The smallest absolute Gasteiger partial charge is 0.222 e. The molecule has 0 saturated carbocycles. The highest BCUT2D eigenvalue weighted by molar-refractivity contribution is 6.28. The third kappa shape index (κ3) is 1.57. The summed E-state index contributed by atoms with van der Waals surface area (Å²) in [6.45, 7) is 0.826. The number of hydrogen-bond acceptors (Lipinski definition) is 3. The van der Waals surface area contributed by atoms with Gasteiger partial charge in [0.15, 0.2) is 0 Å². The molecule has 4 heteroatoms. The van der Waals surface area contributed by atoms with E-state index in [2.05, 4.69) is 9.97 Å². The van der Waals surface area contributed by atoms with Crippen LogP contribution in [0.15, 0.2) is 12.3 Å². The van der Waals surface area contributed by atoms with E-state index in [4.69, 9.17) is 16.3 Å². The zero-order valence-electron chi connectivity index (χ0n) is 6.53. The van der Waals surface area contributed by atoms with Gasteiger partial charge in [0.05, 0.1) is 11.8 Å². The van der Waals surface area contributed by atoms with Gasteiger partial charge in [0.25, 0.3) is 0 Å². The van der Waals surface area contributed by atoms with E-state index in [1.807, 2.05) is 6.07 Å². The molecule has 12 heavy (non-hydrogen) atoms. The molecule has 0 N–H and O–H groups in total. The maximum atomic E-state index is 5.65. The van der Waals surface area contributed by atoms with Crippen LogP contribution in [0.1, 0.15) is 24.6 Å². The second kappa shape index (κ2) is 3.37. The monoisotopic (exact) mass is 184 g/mol. The van der Waals surface area contributed by atoms with E-state index in [0.29, 0.717) is 5.28 Å². The Morgan fingerprint density at radius 2 is 2.50 bits per heavy atom. The van der Waals surface area contributed by atoms with Gasteiger partial charge in [-0.05, 0) is 30.5 Å². The van der Waals surface area contributed by atoms with Crippen LogP contribution in [0.2, 0.25) is 5.28 Å². The van der Waals surface area contributed by atoms with Crippen molar-refractivity contribution in [3.63, 3.8) is 0 Å². The highest BCUT2D eigenvalue weighted by Gasteiger charge is 2.18. The van der Waals surface area contributed by atoms with Crippen LogP contribution >= 0.6 is 11.6 Å². The largest absolute Gasteiger partial charge is 0.372 e. The molecule has 1 unspecified atom stereocenters.